The first-order valence-corrected chi connectivity index (χ1v) is 7.27. The molecule has 0 aromatic carbocycles. The number of carboxylic acids is 1. The summed E-state index contributed by atoms with van der Waals surface area (Å²) in [6.45, 7) is -0.533. The second-order valence-electron chi connectivity index (χ2n) is 5.39. The number of anilines is 1. The number of aromatic nitrogens is 2. The molecule has 12 nitrogen and oxygen atoms in total. The van der Waals surface area contributed by atoms with Crippen LogP contribution in [-0.4, -0.2) is 72.7 Å². The first-order valence-electron chi connectivity index (χ1n) is 7.27. The molecule has 2 rings (SSSR count). The number of nitrogens with one attached hydrogen (secondary N) is 1. The summed E-state index contributed by atoms with van der Waals surface area (Å²) >= 11 is 0. The predicted octanol–water partition coefficient (Wildman–Crippen LogP) is -2.80. The van der Waals surface area contributed by atoms with Gasteiger partial charge in [-0.05, 0) is 0 Å². The van der Waals surface area contributed by atoms with E-state index in [0.29, 0.717) is 0 Å². The lowest BCUT2D eigenvalue weighted by Crippen LogP contribution is -2.33. The molecule has 4 unspecified atom stereocenters. The van der Waals surface area contributed by atoms with Crippen LogP contribution in [0, 0.1) is 0 Å². The zero-order valence-electron chi connectivity index (χ0n) is 12.9. The normalized spacial score (nSPS) is 25.7. The highest BCUT2D eigenvalue weighted by Crippen LogP contribution is 2.31. The van der Waals surface area contributed by atoms with E-state index in [9.17, 15) is 24.6 Å². The molecule has 1 fully saturated rings. The smallest absolute Gasteiger partial charge is 0.303 e. The molecule has 1 aliphatic rings. The molecule has 0 saturated carbocycles. The lowest BCUT2D eigenvalue weighted by molar-refractivity contribution is -0.138. The zero-order chi connectivity index (χ0) is 18.7. The monoisotopic (exact) mass is 358 g/mol. The number of nitrogen functional groups attached to an aromatic ring is 1. The number of aliphatic carboxylic acids is 1. The topological polar surface area (TPSA) is 197 Å². The number of hydrogen-bond donors (Lipinski definition) is 6. The van der Waals surface area contributed by atoms with Gasteiger partial charge in [-0.3, -0.25) is 24.3 Å². The van der Waals surface area contributed by atoms with Crippen molar-refractivity contribution in [3.8, 4) is 0 Å². The van der Waals surface area contributed by atoms with Gasteiger partial charge >= 0.3 is 5.97 Å². The molecule has 4 atom stereocenters. The number of rotatable bonds is 6. The Morgan fingerprint density at radius 1 is 1.28 bits per heavy atom. The highest BCUT2D eigenvalue weighted by atomic mass is 16.6. The highest BCUT2D eigenvalue weighted by Gasteiger charge is 2.44. The lowest BCUT2D eigenvalue weighted by Gasteiger charge is -2.17. The average Bonchev–Trinajstić information content (AvgIpc) is 3.06. The Balaban J connectivity index is 2.09. The van der Waals surface area contributed by atoms with Gasteiger partial charge < -0.3 is 30.9 Å². The van der Waals surface area contributed by atoms with E-state index in [2.05, 4.69) is 4.98 Å². The third-order valence-electron chi connectivity index (χ3n) is 3.66. The van der Waals surface area contributed by atoms with Gasteiger partial charge in [0.1, 0.15) is 24.1 Å². The lowest BCUT2D eigenvalue weighted by atomic mass is 10.1. The number of imidazole rings is 1. The number of ether oxygens (including phenoxy) is 1. The van der Waals surface area contributed by atoms with Crippen LogP contribution in [0.25, 0.3) is 0 Å². The minimum atomic E-state index is -1.42. The minimum absolute atomic E-state index is 0.238. The van der Waals surface area contributed by atoms with E-state index < -0.39 is 61.8 Å². The number of carbonyl (C=O) groups excluding carboxylic acids is 2. The van der Waals surface area contributed by atoms with Gasteiger partial charge in [-0.1, -0.05) is 0 Å². The molecule has 7 N–H and O–H groups in total. The Morgan fingerprint density at radius 2 is 1.96 bits per heavy atom. The van der Waals surface area contributed by atoms with E-state index >= 15 is 0 Å². The maximum Gasteiger partial charge on any atom is 0.303 e. The van der Waals surface area contributed by atoms with Gasteiger partial charge in [-0.2, -0.15) is 0 Å². The zero-order valence-corrected chi connectivity index (χ0v) is 12.9. The summed E-state index contributed by atoms with van der Waals surface area (Å²) in [6.07, 6.45) is -4.73. The van der Waals surface area contributed by atoms with Crippen LogP contribution in [0.3, 0.4) is 0 Å². The SMILES string of the molecule is Nc1c(C(=O)NC(=O)CCC(=O)O)ncn1C1OC(CO)C(O)C1O. The van der Waals surface area contributed by atoms with Crippen molar-refractivity contribution >= 4 is 23.6 Å². The Hall–Kier alpha value is -2.54. The fourth-order valence-corrected chi connectivity index (χ4v) is 2.33. The Kier molecular flexibility index (Phi) is 5.69. The Morgan fingerprint density at radius 3 is 2.52 bits per heavy atom. The average molecular weight is 358 g/mol. The standard InChI is InChI=1S/C13H18N4O8/c14-11-8(12(24)16-6(19)1-2-7(20)21)15-4-17(11)13-10(23)9(22)5(3-18)25-13/h4-5,9-10,13,18,22-23H,1-3,14H2,(H,20,21)(H,16,19,24). The summed E-state index contributed by atoms with van der Waals surface area (Å²) in [5.74, 6) is -3.18. The summed E-state index contributed by atoms with van der Waals surface area (Å²) in [5, 5.41) is 39.2. The Labute approximate surface area is 140 Å². The van der Waals surface area contributed by atoms with Crippen molar-refractivity contribution < 1.29 is 39.5 Å². The van der Waals surface area contributed by atoms with Gasteiger partial charge in [0, 0.05) is 6.42 Å². The van der Waals surface area contributed by atoms with Crippen LogP contribution in [0.2, 0.25) is 0 Å². The first kappa shape index (κ1) is 18.8. The molecule has 1 aromatic rings. The molecule has 138 valence electrons. The van der Waals surface area contributed by atoms with Gasteiger partial charge in [-0.15, -0.1) is 0 Å². The molecule has 25 heavy (non-hydrogen) atoms. The predicted molar refractivity (Wildman–Crippen MR) is 79.0 cm³/mol. The maximum atomic E-state index is 12.0. The fraction of sp³-hybridized carbons (Fsp3) is 0.538. The van der Waals surface area contributed by atoms with E-state index in [-0.39, 0.29) is 11.5 Å². The number of carbonyl (C=O) groups is 3. The minimum Gasteiger partial charge on any atom is -0.481 e. The molecule has 1 saturated heterocycles. The van der Waals surface area contributed by atoms with Crippen molar-refractivity contribution in [2.24, 2.45) is 0 Å². The van der Waals surface area contributed by atoms with E-state index in [1.807, 2.05) is 5.32 Å². The molecule has 2 heterocycles. The van der Waals surface area contributed by atoms with Crippen molar-refractivity contribution in [1.82, 2.24) is 14.9 Å². The van der Waals surface area contributed by atoms with Crippen LogP contribution in [0.1, 0.15) is 29.6 Å². The molecule has 0 spiro atoms. The van der Waals surface area contributed by atoms with E-state index in [4.69, 9.17) is 20.7 Å². The first-order chi connectivity index (χ1) is 11.8. The molecule has 12 heteroatoms. The molecule has 0 bridgehead atoms. The third-order valence-corrected chi connectivity index (χ3v) is 3.66. The van der Waals surface area contributed by atoms with Crippen LogP contribution in [0.15, 0.2) is 6.33 Å². The van der Waals surface area contributed by atoms with E-state index in [1.165, 1.54) is 0 Å². The highest BCUT2D eigenvalue weighted by molar-refractivity contribution is 6.06. The van der Waals surface area contributed by atoms with Gasteiger partial charge in [-0.25, -0.2) is 4.98 Å². The molecule has 0 radical (unpaired) electrons. The van der Waals surface area contributed by atoms with E-state index in [0.717, 1.165) is 10.9 Å². The summed E-state index contributed by atoms with van der Waals surface area (Å²) in [4.78, 5) is 37.6. The van der Waals surface area contributed by atoms with Gasteiger partial charge in [0.15, 0.2) is 11.9 Å². The van der Waals surface area contributed by atoms with Crippen molar-refractivity contribution in [3.63, 3.8) is 0 Å². The van der Waals surface area contributed by atoms with Gasteiger partial charge in [0.2, 0.25) is 5.91 Å². The number of aliphatic hydroxyl groups is 3. The number of nitrogens with zero attached hydrogens (tertiary/aromatic N) is 2. The molecule has 0 aliphatic carbocycles. The number of carboxylic acid groups (broad SMARTS) is 1. The van der Waals surface area contributed by atoms with Crippen LogP contribution in [0.5, 0.6) is 0 Å². The number of hydrogen-bond acceptors (Lipinski definition) is 9. The fourth-order valence-electron chi connectivity index (χ4n) is 2.33. The second-order valence-corrected chi connectivity index (χ2v) is 5.39. The summed E-state index contributed by atoms with van der Waals surface area (Å²) in [5.41, 5.74) is 5.44. The summed E-state index contributed by atoms with van der Waals surface area (Å²) in [6, 6.07) is 0. The summed E-state index contributed by atoms with van der Waals surface area (Å²) in [7, 11) is 0. The molecular weight excluding hydrogens is 340 g/mol. The van der Waals surface area contributed by atoms with Gasteiger partial charge in [0.05, 0.1) is 19.4 Å². The molecule has 2 amide bonds. The van der Waals surface area contributed by atoms with Gasteiger partial charge in [0.25, 0.3) is 5.91 Å². The van der Waals surface area contributed by atoms with Crippen LogP contribution in [-0.2, 0) is 14.3 Å². The van der Waals surface area contributed by atoms with Crippen molar-refractivity contribution in [2.75, 3.05) is 12.3 Å². The van der Waals surface area contributed by atoms with Crippen LogP contribution >= 0.6 is 0 Å². The largest absolute Gasteiger partial charge is 0.481 e. The maximum absolute atomic E-state index is 12.0. The van der Waals surface area contributed by atoms with Crippen molar-refractivity contribution in [1.29, 1.82) is 0 Å². The van der Waals surface area contributed by atoms with Crippen molar-refractivity contribution in [3.05, 3.63) is 12.0 Å². The second kappa shape index (κ2) is 7.57. The number of imide groups is 1. The number of aliphatic hydroxyl groups excluding tert-OH is 3. The molecule has 1 aliphatic heterocycles. The quantitative estimate of drug-likeness (QED) is 0.309. The summed E-state index contributed by atoms with van der Waals surface area (Å²) < 4.78 is 6.35. The molecular formula is C13H18N4O8. The Bertz CT molecular complexity index is 675. The number of nitrogens with two attached hydrogens (primary N) is 1. The number of amides is 2. The van der Waals surface area contributed by atoms with Crippen LogP contribution in [0.4, 0.5) is 5.82 Å². The molecule has 1 aromatic heterocycles. The van der Waals surface area contributed by atoms with E-state index in [1.54, 1.807) is 0 Å². The third kappa shape index (κ3) is 3.93. The van der Waals surface area contributed by atoms with Crippen LogP contribution < -0.4 is 11.1 Å². The van der Waals surface area contributed by atoms with Crippen molar-refractivity contribution in [2.45, 2.75) is 37.4 Å².